The van der Waals surface area contributed by atoms with Crippen molar-refractivity contribution < 1.29 is 53.5 Å². The van der Waals surface area contributed by atoms with Crippen LogP contribution in [0, 0.1) is 5.82 Å². The monoisotopic (exact) mass is 649 g/mol. The van der Waals surface area contributed by atoms with Crippen LogP contribution >= 0.6 is 0 Å². The van der Waals surface area contributed by atoms with Crippen molar-refractivity contribution >= 4 is 17.4 Å². The summed E-state index contributed by atoms with van der Waals surface area (Å²) in [5.41, 5.74) is -5.32. The molecule has 0 spiro atoms. The van der Waals surface area contributed by atoms with E-state index in [0.717, 1.165) is 30.7 Å². The Morgan fingerprint density at radius 1 is 1.00 bits per heavy atom. The van der Waals surface area contributed by atoms with Crippen molar-refractivity contribution in [3.8, 4) is 11.1 Å². The van der Waals surface area contributed by atoms with Crippen molar-refractivity contribution in [2.75, 3.05) is 6.54 Å². The standard InChI is InChI=1S/C28H21F10N5O2/c29-21-7-15(17-11-41-43(13-17)28(36,37)38)3-5-20(21)25(27(33,34)35)8-18(22-6-4-16(10-39-22)14-1-2-14)19(24(45)42-25)12-40-23(44)9-26(30,31)32/h3-7,10-11,13-14H,1-2,8-9,12H2,(H,40,44)(H,42,45). The van der Waals surface area contributed by atoms with Gasteiger partial charge in [-0.2, -0.15) is 36.1 Å². The highest BCUT2D eigenvalue weighted by molar-refractivity contribution is 6.04. The third-order valence-corrected chi connectivity index (χ3v) is 7.46. The van der Waals surface area contributed by atoms with Gasteiger partial charge in [0.25, 0.3) is 0 Å². The van der Waals surface area contributed by atoms with Gasteiger partial charge in [0.05, 0.1) is 11.9 Å². The number of nitrogens with one attached hydrogen (secondary N) is 2. The van der Waals surface area contributed by atoms with E-state index in [1.165, 1.54) is 12.3 Å². The molecular weight excluding hydrogens is 628 g/mol. The zero-order valence-electron chi connectivity index (χ0n) is 22.7. The van der Waals surface area contributed by atoms with Gasteiger partial charge in [0.1, 0.15) is 12.2 Å². The van der Waals surface area contributed by atoms with Crippen LogP contribution in [0.2, 0.25) is 0 Å². The summed E-state index contributed by atoms with van der Waals surface area (Å²) in [5.74, 6) is -4.32. The maximum atomic E-state index is 15.6. The van der Waals surface area contributed by atoms with Crippen LogP contribution in [0.5, 0.6) is 0 Å². The van der Waals surface area contributed by atoms with Gasteiger partial charge in [-0.1, -0.05) is 18.2 Å². The second kappa shape index (κ2) is 11.2. The van der Waals surface area contributed by atoms with Gasteiger partial charge < -0.3 is 10.6 Å². The SMILES string of the molecule is O=C(CC(F)(F)F)NCC1=C(c2ccc(C3CC3)cn2)CC(c2ccc(-c3cnn(C(F)(F)F)c3)cc2F)(C(F)(F)F)NC1=O. The number of alkyl halides is 9. The zero-order valence-corrected chi connectivity index (χ0v) is 22.7. The van der Waals surface area contributed by atoms with E-state index in [1.807, 2.05) is 5.32 Å². The van der Waals surface area contributed by atoms with Crippen LogP contribution in [0.15, 0.2) is 54.5 Å². The molecule has 1 unspecified atom stereocenters. The third kappa shape index (κ3) is 6.66. The maximum Gasteiger partial charge on any atom is 0.504 e. The lowest BCUT2D eigenvalue weighted by Crippen LogP contribution is -2.59. The molecule has 0 radical (unpaired) electrons. The summed E-state index contributed by atoms with van der Waals surface area (Å²) >= 11 is 0. The first-order valence-electron chi connectivity index (χ1n) is 13.2. The average Bonchev–Trinajstić information content (AvgIpc) is 3.64. The van der Waals surface area contributed by atoms with E-state index in [-0.39, 0.29) is 27.4 Å². The Balaban J connectivity index is 1.57. The fourth-order valence-electron chi connectivity index (χ4n) is 5.07. The highest BCUT2D eigenvalue weighted by atomic mass is 19.4. The number of amides is 2. The third-order valence-electron chi connectivity index (χ3n) is 7.46. The van der Waals surface area contributed by atoms with E-state index in [2.05, 4.69) is 10.1 Å². The highest BCUT2D eigenvalue weighted by Gasteiger charge is 2.60. The molecule has 2 aromatic heterocycles. The number of rotatable bonds is 7. The van der Waals surface area contributed by atoms with Crippen LogP contribution in [-0.4, -0.2) is 45.5 Å². The molecule has 7 nitrogen and oxygen atoms in total. The molecule has 1 saturated carbocycles. The lowest BCUT2D eigenvalue weighted by molar-refractivity contribution is -0.212. The van der Waals surface area contributed by atoms with E-state index in [0.29, 0.717) is 18.3 Å². The van der Waals surface area contributed by atoms with E-state index in [4.69, 9.17) is 0 Å². The van der Waals surface area contributed by atoms with Crippen molar-refractivity contribution in [1.29, 1.82) is 0 Å². The van der Waals surface area contributed by atoms with Crippen LogP contribution in [0.25, 0.3) is 16.7 Å². The molecular formula is C28H21F10N5O2. The highest BCUT2D eigenvalue weighted by Crippen LogP contribution is 2.49. The minimum absolute atomic E-state index is 0.153. The van der Waals surface area contributed by atoms with Crippen LogP contribution in [0.4, 0.5) is 43.9 Å². The second-order valence-electron chi connectivity index (χ2n) is 10.6. The van der Waals surface area contributed by atoms with Gasteiger partial charge in [-0.3, -0.25) is 14.6 Å². The normalized spacial score (nSPS) is 19.5. The first-order valence-corrected chi connectivity index (χ1v) is 13.2. The van der Waals surface area contributed by atoms with Crippen molar-refractivity contribution in [2.45, 2.75) is 55.8 Å². The molecule has 1 aliphatic carbocycles. The number of hydrogen-bond donors (Lipinski definition) is 2. The summed E-state index contributed by atoms with van der Waals surface area (Å²) in [4.78, 5) is 29.3. The molecule has 17 heteroatoms. The van der Waals surface area contributed by atoms with Crippen molar-refractivity contribution in [3.63, 3.8) is 0 Å². The number of hydrogen-bond acceptors (Lipinski definition) is 4. The van der Waals surface area contributed by atoms with Gasteiger partial charge in [-0.25, -0.2) is 4.39 Å². The van der Waals surface area contributed by atoms with Crippen molar-refractivity contribution in [2.24, 2.45) is 0 Å². The van der Waals surface area contributed by atoms with E-state index in [9.17, 15) is 49.1 Å². The average molecular weight is 649 g/mol. The predicted molar refractivity (Wildman–Crippen MR) is 136 cm³/mol. The molecule has 3 aromatic rings. The molecule has 3 heterocycles. The summed E-state index contributed by atoms with van der Waals surface area (Å²) in [6, 6.07) is 5.06. The Morgan fingerprint density at radius 3 is 2.24 bits per heavy atom. The van der Waals surface area contributed by atoms with Gasteiger partial charge in [0.2, 0.25) is 11.8 Å². The molecule has 240 valence electrons. The first-order chi connectivity index (χ1) is 20.9. The van der Waals surface area contributed by atoms with Crippen molar-refractivity contribution in [1.82, 2.24) is 25.4 Å². The zero-order chi connectivity index (χ0) is 32.9. The molecule has 1 atom stereocenters. The molecule has 1 aliphatic heterocycles. The fraction of sp³-hybridized carbons (Fsp3) is 0.357. The Morgan fingerprint density at radius 2 is 1.71 bits per heavy atom. The first kappa shape index (κ1) is 32.0. The molecule has 0 saturated heterocycles. The Bertz CT molecular complexity index is 1650. The summed E-state index contributed by atoms with van der Waals surface area (Å²) < 4.78 is 137. The number of pyridine rings is 1. The van der Waals surface area contributed by atoms with Gasteiger partial charge >= 0.3 is 18.7 Å². The number of nitrogens with zero attached hydrogens (tertiary/aromatic N) is 3. The van der Waals surface area contributed by atoms with Crippen LogP contribution in [0.1, 0.15) is 48.4 Å². The Hall–Kier alpha value is -4.44. The molecule has 1 aromatic carbocycles. The molecule has 2 aliphatic rings. The second-order valence-corrected chi connectivity index (χ2v) is 10.6. The number of halogens is 10. The number of aromatic nitrogens is 3. The van der Waals surface area contributed by atoms with Crippen LogP contribution in [0.3, 0.4) is 0 Å². The lowest BCUT2D eigenvalue weighted by atomic mass is 9.76. The number of carbonyl (C=O) groups is 2. The smallest absolute Gasteiger partial charge is 0.352 e. The molecule has 2 amide bonds. The summed E-state index contributed by atoms with van der Waals surface area (Å²) in [6.07, 6.45) is -13.9. The van der Waals surface area contributed by atoms with Gasteiger partial charge in [-0.15, -0.1) is 13.2 Å². The summed E-state index contributed by atoms with van der Waals surface area (Å²) in [5, 5.41) is 6.75. The number of carbonyl (C=O) groups excluding carboxylic acids is 2. The lowest BCUT2D eigenvalue weighted by Gasteiger charge is -2.41. The predicted octanol–water partition coefficient (Wildman–Crippen LogP) is 6.24. The van der Waals surface area contributed by atoms with Crippen LogP contribution in [-0.2, 0) is 21.4 Å². The molecule has 1 fully saturated rings. The van der Waals surface area contributed by atoms with Gasteiger partial charge in [0, 0.05) is 42.1 Å². The Kier molecular flexibility index (Phi) is 7.94. The number of benzene rings is 1. The largest absolute Gasteiger partial charge is 0.504 e. The van der Waals surface area contributed by atoms with E-state index >= 15 is 4.39 Å². The topological polar surface area (TPSA) is 88.9 Å². The fourth-order valence-corrected chi connectivity index (χ4v) is 5.07. The Labute approximate surface area is 247 Å². The molecule has 2 N–H and O–H groups in total. The van der Waals surface area contributed by atoms with E-state index < -0.39 is 77.9 Å². The van der Waals surface area contributed by atoms with Gasteiger partial charge in [0.15, 0.2) is 5.54 Å². The molecule has 0 bridgehead atoms. The summed E-state index contributed by atoms with van der Waals surface area (Å²) in [7, 11) is 0. The quantitative estimate of drug-likeness (QED) is 0.297. The summed E-state index contributed by atoms with van der Waals surface area (Å²) in [6.45, 7) is -0.888. The van der Waals surface area contributed by atoms with Gasteiger partial charge in [-0.05, 0) is 47.6 Å². The molecule has 45 heavy (non-hydrogen) atoms. The van der Waals surface area contributed by atoms with Crippen molar-refractivity contribution in [3.05, 3.63) is 77.1 Å². The minimum Gasteiger partial charge on any atom is -0.352 e. The molecule has 5 rings (SSSR count). The van der Waals surface area contributed by atoms with Crippen LogP contribution < -0.4 is 10.6 Å². The maximum absolute atomic E-state index is 15.6. The minimum atomic E-state index is -5.38. The van der Waals surface area contributed by atoms with E-state index in [1.54, 1.807) is 11.4 Å².